The highest BCUT2D eigenvalue weighted by Gasteiger charge is 2.25. The van der Waals surface area contributed by atoms with Crippen LogP contribution >= 0.6 is 0 Å². The molecule has 0 aromatic heterocycles. The Morgan fingerprint density at radius 3 is 2.75 bits per heavy atom. The highest BCUT2D eigenvalue weighted by atomic mass is 16.5. The Morgan fingerprint density at radius 2 is 2.10 bits per heavy atom. The molecule has 0 N–H and O–H groups in total. The zero-order valence-corrected chi connectivity index (χ0v) is 12.0. The molecular formula is C16H20N2O2. The maximum atomic E-state index is 12.2. The van der Waals surface area contributed by atoms with Crippen molar-refractivity contribution in [2.24, 2.45) is 11.8 Å². The van der Waals surface area contributed by atoms with Gasteiger partial charge in [0.2, 0.25) is 0 Å². The smallest absolute Gasteiger partial charge is 0.260 e. The number of carbonyl (C=O) groups is 1. The SMILES string of the molecule is C[C@@H]1C[C@H](C)CN(C(=O)COc2cccc(C#N)c2)C1. The van der Waals surface area contributed by atoms with Gasteiger partial charge in [-0.25, -0.2) is 0 Å². The minimum atomic E-state index is 0.0192. The first-order valence-electron chi connectivity index (χ1n) is 6.99. The van der Waals surface area contributed by atoms with Gasteiger partial charge in [-0.2, -0.15) is 5.26 Å². The van der Waals surface area contributed by atoms with Crippen LogP contribution in [0.25, 0.3) is 0 Å². The number of carbonyl (C=O) groups excluding carboxylic acids is 1. The maximum Gasteiger partial charge on any atom is 0.260 e. The first kappa shape index (κ1) is 14.4. The summed E-state index contributed by atoms with van der Waals surface area (Å²) in [6, 6.07) is 8.93. The predicted octanol–water partition coefficient (Wildman–Crippen LogP) is 2.44. The number of likely N-dealkylation sites (tertiary alicyclic amines) is 1. The molecule has 1 heterocycles. The van der Waals surface area contributed by atoms with E-state index in [1.54, 1.807) is 24.3 Å². The van der Waals surface area contributed by atoms with Gasteiger partial charge in [0.15, 0.2) is 6.61 Å². The Bertz CT molecular complexity index is 511. The van der Waals surface area contributed by atoms with Gasteiger partial charge in [-0.3, -0.25) is 4.79 Å². The zero-order chi connectivity index (χ0) is 14.5. The van der Waals surface area contributed by atoms with E-state index < -0.39 is 0 Å². The minimum absolute atomic E-state index is 0.0192. The van der Waals surface area contributed by atoms with Gasteiger partial charge < -0.3 is 9.64 Å². The van der Waals surface area contributed by atoms with E-state index in [1.807, 2.05) is 4.90 Å². The number of hydrogen-bond acceptors (Lipinski definition) is 3. The average Bonchev–Trinajstić information content (AvgIpc) is 2.44. The van der Waals surface area contributed by atoms with Crippen molar-refractivity contribution in [2.45, 2.75) is 20.3 Å². The Balaban J connectivity index is 1.90. The molecule has 1 aliphatic rings. The van der Waals surface area contributed by atoms with E-state index in [1.165, 1.54) is 6.42 Å². The van der Waals surface area contributed by atoms with Crippen molar-refractivity contribution in [1.29, 1.82) is 5.26 Å². The fourth-order valence-electron chi connectivity index (χ4n) is 2.76. The molecule has 4 heteroatoms. The van der Waals surface area contributed by atoms with E-state index in [9.17, 15) is 4.79 Å². The van der Waals surface area contributed by atoms with Gasteiger partial charge in [-0.15, -0.1) is 0 Å². The molecule has 0 saturated carbocycles. The van der Waals surface area contributed by atoms with Crippen LogP contribution in [0.4, 0.5) is 0 Å². The standard InChI is InChI=1S/C16H20N2O2/c1-12-6-13(2)10-18(9-12)16(19)11-20-15-5-3-4-14(7-15)8-17/h3-5,7,12-13H,6,9-11H2,1-2H3/t12-,13+. The number of ether oxygens (including phenoxy) is 1. The fourth-order valence-corrected chi connectivity index (χ4v) is 2.76. The van der Waals surface area contributed by atoms with Gasteiger partial charge in [0.1, 0.15) is 5.75 Å². The van der Waals surface area contributed by atoms with Crippen molar-refractivity contribution in [3.8, 4) is 11.8 Å². The van der Waals surface area contributed by atoms with Gasteiger partial charge in [-0.1, -0.05) is 19.9 Å². The molecule has 2 atom stereocenters. The molecule has 1 aromatic rings. The topological polar surface area (TPSA) is 53.3 Å². The number of benzene rings is 1. The Hall–Kier alpha value is -2.02. The third kappa shape index (κ3) is 3.74. The lowest BCUT2D eigenvalue weighted by Gasteiger charge is -2.34. The third-order valence-corrected chi connectivity index (χ3v) is 3.55. The second-order valence-electron chi connectivity index (χ2n) is 5.67. The number of nitriles is 1. The van der Waals surface area contributed by atoms with Crippen molar-refractivity contribution >= 4 is 5.91 Å². The zero-order valence-electron chi connectivity index (χ0n) is 12.0. The Kier molecular flexibility index (Phi) is 4.62. The first-order valence-corrected chi connectivity index (χ1v) is 6.99. The molecule has 0 spiro atoms. The van der Waals surface area contributed by atoms with Crippen molar-refractivity contribution in [2.75, 3.05) is 19.7 Å². The van der Waals surface area contributed by atoms with E-state index in [-0.39, 0.29) is 12.5 Å². The fraction of sp³-hybridized carbons (Fsp3) is 0.500. The van der Waals surface area contributed by atoms with Crippen LogP contribution in [0.3, 0.4) is 0 Å². The molecule has 1 saturated heterocycles. The van der Waals surface area contributed by atoms with E-state index in [0.29, 0.717) is 23.1 Å². The summed E-state index contributed by atoms with van der Waals surface area (Å²) < 4.78 is 5.49. The molecule has 1 aliphatic heterocycles. The highest BCUT2D eigenvalue weighted by molar-refractivity contribution is 5.77. The molecule has 0 aliphatic carbocycles. The van der Waals surface area contributed by atoms with Crippen LogP contribution in [-0.2, 0) is 4.79 Å². The lowest BCUT2D eigenvalue weighted by atomic mass is 9.92. The molecule has 0 unspecified atom stereocenters. The van der Waals surface area contributed by atoms with Gasteiger partial charge in [0, 0.05) is 13.1 Å². The molecular weight excluding hydrogens is 252 g/mol. The first-order chi connectivity index (χ1) is 9.58. The molecule has 2 rings (SSSR count). The predicted molar refractivity (Wildman–Crippen MR) is 76.2 cm³/mol. The Morgan fingerprint density at radius 1 is 1.40 bits per heavy atom. The summed E-state index contributed by atoms with van der Waals surface area (Å²) in [6.07, 6.45) is 1.18. The lowest BCUT2D eigenvalue weighted by Crippen LogP contribution is -2.44. The minimum Gasteiger partial charge on any atom is -0.484 e. The molecule has 1 fully saturated rings. The van der Waals surface area contributed by atoms with Crippen LogP contribution in [0.1, 0.15) is 25.8 Å². The summed E-state index contributed by atoms with van der Waals surface area (Å²) in [5.74, 6) is 1.68. The summed E-state index contributed by atoms with van der Waals surface area (Å²) in [4.78, 5) is 14.0. The lowest BCUT2D eigenvalue weighted by molar-refractivity contribution is -0.136. The molecule has 1 amide bonds. The summed E-state index contributed by atoms with van der Waals surface area (Å²) in [7, 11) is 0. The second kappa shape index (κ2) is 6.42. The van der Waals surface area contributed by atoms with Crippen LogP contribution in [0.2, 0.25) is 0 Å². The van der Waals surface area contributed by atoms with Crippen LogP contribution in [-0.4, -0.2) is 30.5 Å². The maximum absolute atomic E-state index is 12.2. The summed E-state index contributed by atoms with van der Waals surface area (Å²) in [5.41, 5.74) is 0.537. The van der Waals surface area contributed by atoms with Crippen LogP contribution < -0.4 is 4.74 Å². The quantitative estimate of drug-likeness (QED) is 0.849. The molecule has 0 bridgehead atoms. The Labute approximate surface area is 120 Å². The van der Waals surface area contributed by atoms with Crippen LogP contribution in [0.15, 0.2) is 24.3 Å². The largest absolute Gasteiger partial charge is 0.484 e. The summed E-state index contributed by atoms with van der Waals surface area (Å²) >= 11 is 0. The highest BCUT2D eigenvalue weighted by Crippen LogP contribution is 2.21. The van der Waals surface area contributed by atoms with Crippen molar-refractivity contribution < 1.29 is 9.53 Å². The molecule has 20 heavy (non-hydrogen) atoms. The molecule has 4 nitrogen and oxygen atoms in total. The molecule has 0 radical (unpaired) electrons. The van der Waals surface area contributed by atoms with Crippen molar-refractivity contribution in [3.63, 3.8) is 0 Å². The van der Waals surface area contributed by atoms with E-state index in [4.69, 9.17) is 10.00 Å². The summed E-state index contributed by atoms with van der Waals surface area (Å²) in [6.45, 7) is 6.00. The summed E-state index contributed by atoms with van der Waals surface area (Å²) in [5, 5.41) is 8.82. The van der Waals surface area contributed by atoms with E-state index in [2.05, 4.69) is 19.9 Å². The van der Waals surface area contributed by atoms with Gasteiger partial charge in [-0.05, 0) is 36.5 Å². The van der Waals surface area contributed by atoms with Crippen molar-refractivity contribution in [1.82, 2.24) is 4.90 Å². The second-order valence-corrected chi connectivity index (χ2v) is 5.67. The van der Waals surface area contributed by atoms with Crippen LogP contribution in [0, 0.1) is 23.2 Å². The van der Waals surface area contributed by atoms with Gasteiger partial charge in [0.05, 0.1) is 11.6 Å². The monoisotopic (exact) mass is 272 g/mol. The number of amides is 1. The normalized spacial score (nSPS) is 22.1. The molecule has 106 valence electrons. The number of piperidine rings is 1. The average molecular weight is 272 g/mol. The molecule has 1 aromatic carbocycles. The number of rotatable bonds is 3. The third-order valence-electron chi connectivity index (χ3n) is 3.55. The van der Waals surface area contributed by atoms with E-state index in [0.717, 1.165) is 13.1 Å². The van der Waals surface area contributed by atoms with E-state index >= 15 is 0 Å². The van der Waals surface area contributed by atoms with Crippen molar-refractivity contribution in [3.05, 3.63) is 29.8 Å². The van der Waals surface area contributed by atoms with Gasteiger partial charge >= 0.3 is 0 Å². The number of hydrogen-bond donors (Lipinski definition) is 0. The van der Waals surface area contributed by atoms with Crippen LogP contribution in [0.5, 0.6) is 5.75 Å². The number of nitrogens with zero attached hydrogens (tertiary/aromatic N) is 2. The van der Waals surface area contributed by atoms with Gasteiger partial charge in [0.25, 0.3) is 5.91 Å².